The zero-order valence-electron chi connectivity index (χ0n) is 18.2. The van der Waals surface area contributed by atoms with Crippen molar-refractivity contribution in [3.05, 3.63) is 35.4 Å². The first-order chi connectivity index (χ1) is 13.1. The molecule has 1 unspecified atom stereocenters. The number of benzene rings is 1. The highest BCUT2D eigenvalue weighted by Gasteiger charge is 2.41. The van der Waals surface area contributed by atoms with E-state index in [1.807, 2.05) is 32.6 Å². The third-order valence-corrected chi connectivity index (χ3v) is 6.04. The van der Waals surface area contributed by atoms with E-state index in [1.54, 1.807) is 0 Å². The lowest BCUT2D eigenvalue weighted by atomic mass is 9.91. The van der Waals surface area contributed by atoms with Crippen LogP contribution in [0.1, 0.15) is 77.1 Å². The minimum absolute atomic E-state index is 0.0609. The molecule has 1 aliphatic carbocycles. The van der Waals surface area contributed by atoms with E-state index in [0.717, 1.165) is 26.2 Å². The van der Waals surface area contributed by atoms with Gasteiger partial charge in [-0.1, -0.05) is 31.2 Å². The standard InChI is InChI=1S/C23H37N3O2/c1-17(24)18-6-8-19(9-7-18)20(16-23(5)10-11-23)25-12-14-26(15-13-25)21(27)28-22(2,3)4/h6-9,17,20H,10-16,24H2,1-5H3/t17-,20?/m0/s1. The maximum absolute atomic E-state index is 12.4. The van der Waals surface area contributed by atoms with Crippen LogP contribution >= 0.6 is 0 Å². The predicted octanol–water partition coefficient (Wildman–Crippen LogP) is 4.49. The molecule has 1 saturated carbocycles. The molecule has 1 aromatic carbocycles. The van der Waals surface area contributed by atoms with E-state index in [-0.39, 0.29) is 12.1 Å². The number of carbonyl (C=O) groups is 1. The number of piperazine rings is 1. The number of amides is 1. The molecule has 2 N–H and O–H groups in total. The second kappa shape index (κ2) is 8.03. The van der Waals surface area contributed by atoms with Crippen molar-refractivity contribution >= 4 is 6.09 Å². The molecular formula is C23H37N3O2. The van der Waals surface area contributed by atoms with Gasteiger partial charge < -0.3 is 15.4 Å². The summed E-state index contributed by atoms with van der Waals surface area (Å²) in [5, 5.41) is 0. The molecule has 1 aliphatic heterocycles. The van der Waals surface area contributed by atoms with Gasteiger partial charge in [-0.3, -0.25) is 4.90 Å². The highest BCUT2D eigenvalue weighted by Crippen LogP contribution is 2.52. The molecular weight excluding hydrogens is 350 g/mol. The molecule has 2 atom stereocenters. The number of rotatable bonds is 5. The van der Waals surface area contributed by atoms with Crippen molar-refractivity contribution in [3.63, 3.8) is 0 Å². The largest absolute Gasteiger partial charge is 0.444 e. The first kappa shape index (κ1) is 21.1. The van der Waals surface area contributed by atoms with E-state index < -0.39 is 5.60 Å². The van der Waals surface area contributed by atoms with Gasteiger partial charge in [-0.05, 0) is 63.5 Å². The Labute approximate surface area is 170 Å². The molecule has 0 aromatic heterocycles. The van der Waals surface area contributed by atoms with Gasteiger partial charge in [-0.25, -0.2) is 4.79 Å². The fraction of sp³-hybridized carbons (Fsp3) is 0.696. The summed E-state index contributed by atoms with van der Waals surface area (Å²) >= 11 is 0. The van der Waals surface area contributed by atoms with Crippen LogP contribution in [-0.2, 0) is 4.74 Å². The summed E-state index contributed by atoms with van der Waals surface area (Å²) in [6.45, 7) is 13.4. The first-order valence-corrected chi connectivity index (χ1v) is 10.6. The molecule has 2 fully saturated rings. The van der Waals surface area contributed by atoms with E-state index in [2.05, 4.69) is 36.1 Å². The first-order valence-electron chi connectivity index (χ1n) is 10.6. The number of hydrogen-bond acceptors (Lipinski definition) is 4. The van der Waals surface area contributed by atoms with Gasteiger partial charge in [0.2, 0.25) is 0 Å². The second-order valence-corrected chi connectivity index (χ2v) is 9.99. The van der Waals surface area contributed by atoms with Crippen LogP contribution < -0.4 is 5.73 Å². The third kappa shape index (κ3) is 5.48. The molecule has 0 bridgehead atoms. The molecule has 0 spiro atoms. The van der Waals surface area contributed by atoms with Crippen molar-refractivity contribution in [1.82, 2.24) is 9.80 Å². The van der Waals surface area contributed by atoms with E-state index in [4.69, 9.17) is 10.5 Å². The third-order valence-electron chi connectivity index (χ3n) is 6.04. The van der Waals surface area contributed by atoms with Gasteiger partial charge in [0.25, 0.3) is 0 Å². The van der Waals surface area contributed by atoms with E-state index >= 15 is 0 Å². The van der Waals surface area contributed by atoms with Crippen LogP contribution in [0.5, 0.6) is 0 Å². The predicted molar refractivity (Wildman–Crippen MR) is 113 cm³/mol. The molecule has 1 heterocycles. The van der Waals surface area contributed by atoms with Gasteiger partial charge in [0.15, 0.2) is 0 Å². The van der Waals surface area contributed by atoms with Crippen LogP contribution in [-0.4, -0.2) is 47.7 Å². The Hall–Kier alpha value is -1.59. The molecule has 1 aromatic rings. The summed E-state index contributed by atoms with van der Waals surface area (Å²) < 4.78 is 5.54. The molecule has 28 heavy (non-hydrogen) atoms. The zero-order valence-corrected chi connectivity index (χ0v) is 18.2. The lowest BCUT2D eigenvalue weighted by molar-refractivity contribution is 0.00864. The monoisotopic (exact) mass is 387 g/mol. The summed E-state index contributed by atoms with van der Waals surface area (Å²) in [7, 11) is 0. The summed E-state index contributed by atoms with van der Waals surface area (Å²) in [4.78, 5) is 16.8. The van der Waals surface area contributed by atoms with E-state index in [9.17, 15) is 4.79 Å². The van der Waals surface area contributed by atoms with Crippen molar-refractivity contribution < 1.29 is 9.53 Å². The fourth-order valence-corrected chi connectivity index (χ4v) is 3.91. The zero-order chi connectivity index (χ0) is 20.5. The minimum Gasteiger partial charge on any atom is -0.444 e. The second-order valence-electron chi connectivity index (χ2n) is 9.99. The molecule has 2 aliphatic rings. The molecule has 1 amide bonds. The Kier molecular flexibility index (Phi) is 6.06. The Morgan fingerprint density at radius 3 is 2.11 bits per heavy atom. The topological polar surface area (TPSA) is 58.8 Å². The molecule has 3 rings (SSSR count). The average molecular weight is 388 g/mol. The number of hydrogen-bond donors (Lipinski definition) is 1. The Morgan fingerprint density at radius 2 is 1.64 bits per heavy atom. The van der Waals surface area contributed by atoms with E-state index in [0.29, 0.717) is 11.5 Å². The van der Waals surface area contributed by atoms with Gasteiger partial charge >= 0.3 is 6.09 Å². The Bertz CT molecular complexity index is 666. The Balaban J connectivity index is 1.67. The molecule has 0 radical (unpaired) electrons. The van der Waals surface area contributed by atoms with Gasteiger partial charge in [0.05, 0.1) is 0 Å². The SMILES string of the molecule is C[C@H](N)c1ccc(C(CC2(C)CC2)N2CCN(C(=O)OC(C)(C)C)CC2)cc1. The van der Waals surface area contributed by atoms with Crippen molar-refractivity contribution in [3.8, 4) is 0 Å². The fourth-order valence-electron chi connectivity index (χ4n) is 3.91. The number of ether oxygens (including phenoxy) is 1. The summed E-state index contributed by atoms with van der Waals surface area (Å²) in [5.74, 6) is 0. The summed E-state index contributed by atoms with van der Waals surface area (Å²) in [6, 6.07) is 9.28. The normalized spacial score (nSPS) is 21.9. The van der Waals surface area contributed by atoms with Crippen LogP contribution in [0.25, 0.3) is 0 Å². The van der Waals surface area contributed by atoms with Crippen LogP contribution in [0.3, 0.4) is 0 Å². The van der Waals surface area contributed by atoms with Gasteiger partial charge in [0, 0.05) is 38.3 Å². The number of carbonyl (C=O) groups excluding carboxylic acids is 1. The molecule has 5 heteroatoms. The van der Waals surface area contributed by atoms with Crippen molar-refractivity contribution in [2.24, 2.45) is 11.1 Å². The van der Waals surface area contributed by atoms with Crippen LogP contribution in [0.4, 0.5) is 4.79 Å². The van der Waals surface area contributed by atoms with Crippen LogP contribution in [0, 0.1) is 5.41 Å². The van der Waals surface area contributed by atoms with Gasteiger partial charge in [-0.15, -0.1) is 0 Å². The lowest BCUT2D eigenvalue weighted by Gasteiger charge is -2.40. The average Bonchev–Trinajstić information content (AvgIpc) is 3.36. The quantitative estimate of drug-likeness (QED) is 0.809. The van der Waals surface area contributed by atoms with Crippen LogP contribution in [0.2, 0.25) is 0 Å². The summed E-state index contributed by atoms with van der Waals surface area (Å²) in [5.41, 5.74) is 8.58. The molecule has 5 nitrogen and oxygen atoms in total. The highest BCUT2D eigenvalue weighted by molar-refractivity contribution is 5.68. The smallest absolute Gasteiger partial charge is 0.410 e. The van der Waals surface area contributed by atoms with Crippen molar-refractivity contribution in [1.29, 1.82) is 0 Å². The number of nitrogens with two attached hydrogens (primary N) is 1. The molecule has 1 saturated heterocycles. The molecule has 156 valence electrons. The van der Waals surface area contributed by atoms with Crippen LogP contribution in [0.15, 0.2) is 24.3 Å². The van der Waals surface area contributed by atoms with Gasteiger partial charge in [-0.2, -0.15) is 0 Å². The van der Waals surface area contributed by atoms with Crippen molar-refractivity contribution in [2.45, 2.75) is 71.6 Å². The van der Waals surface area contributed by atoms with Gasteiger partial charge in [0.1, 0.15) is 5.60 Å². The maximum Gasteiger partial charge on any atom is 0.410 e. The highest BCUT2D eigenvalue weighted by atomic mass is 16.6. The van der Waals surface area contributed by atoms with Crippen molar-refractivity contribution in [2.75, 3.05) is 26.2 Å². The lowest BCUT2D eigenvalue weighted by Crippen LogP contribution is -2.51. The Morgan fingerprint density at radius 1 is 1.11 bits per heavy atom. The minimum atomic E-state index is -0.445. The van der Waals surface area contributed by atoms with E-state index in [1.165, 1.54) is 30.4 Å². The number of nitrogens with zero attached hydrogens (tertiary/aromatic N) is 2. The summed E-state index contributed by atoms with van der Waals surface area (Å²) in [6.07, 6.45) is 3.62. The maximum atomic E-state index is 12.4.